The lowest BCUT2D eigenvalue weighted by atomic mass is 9.66. The van der Waals surface area contributed by atoms with Crippen molar-refractivity contribution in [2.24, 2.45) is 20.0 Å². The standard InChI is InChI=1S/C40H38N2O4/c1-41-24-34(30-21-27(45-3)15-18-35(30)41)31-23-32(40(44)26-13-9-6-10-14-26)29(17-20-37(43)25-11-7-5-8-12-25)38-33-22-28(46-4)16-19-36(33)42(2)39(31)38/h5-16,18-19,21-22,24,29,31-32H,17,20,23H2,1-4H3. The van der Waals surface area contributed by atoms with E-state index in [9.17, 15) is 9.59 Å². The number of fused-ring (bicyclic) bond motifs is 4. The molecule has 4 aromatic carbocycles. The Morgan fingerprint density at radius 3 is 2.02 bits per heavy atom. The average molecular weight is 611 g/mol. The molecule has 2 heterocycles. The maximum absolute atomic E-state index is 14.6. The summed E-state index contributed by atoms with van der Waals surface area (Å²) in [6.07, 6.45) is 3.75. The van der Waals surface area contributed by atoms with E-state index in [1.807, 2.05) is 72.8 Å². The zero-order valence-electron chi connectivity index (χ0n) is 26.7. The van der Waals surface area contributed by atoms with Crippen molar-refractivity contribution in [3.8, 4) is 11.5 Å². The Morgan fingerprint density at radius 1 is 0.761 bits per heavy atom. The predicted molar refractivity (Wildman–Crippen MR) is 182 cm³/mol. The summed E-state index contributed by atoms with van der Waals surface area (Å²) in [6.45, 7) is 0. The summed E-state index contributed by atoms with van der Waals surface area (Å²) < 4.78 is 15.8. The van der Waals surface area contributed by atoms with Crippen molar-refractivity contribution in [1.82, 2.24) is 9.13 Å². The largest absolute Gasteiger partial charge is 0.497 e. The highest BCUT2D eigenvalue weighted by atomic mass is 16.5. The number of Topliss-reactive ketones (excluding diaryl/α,β-unsaturated/α-hetero) is 2. The Labute approximate surface area is 269 Å². The third-order valence-corrected chi connectivity index (χ3v) is 9.94. The summed E-state index contributed by atoms with van der Waals surface area (Å²) in [5, 5.41) is 2.19. The molecule has 6 aromatic rings. The lowest BCUT2D eigenvalue weighted by molar-refractivity contribution is 0.0862. The van der Waals surface area contributed by atoms with E-state index < -0.39 is 0 Å². The number of hydrogen-bond donors (Lipinski definition) is 0. The highest BCUT2D eigenvalue weighted by Gasteiger charge is 2.43. The lowest BCUT2D eigenvalue weighted by Crippen LogP contribution is -2.31. The Kier molecular flexibility index (Phi) is 7.73. The minimum atomic E-state index is -0.332. The monoisotopic (exact) mass is 610 g/mol. The van der Waals surface area contributed by atoms with Gasteiger partial charge in [-0.15, -0.1) is 0 Å². The Balaban J connectivity index is 1.45. The normalized spacial score (nSPS) is 17.6. The second-order valence-electron chi connectivity index (χ2n) is 12.4. The summed E-state index contributed by atoms with van der Waals surface area (Å²) in [7, 11) is 7.56. The number of hydrogen-bond acceptors (Lipinski definition) is 4. The van der Waals surface area contributed by atoms with Gasteiger partial charge in [0.1, 0.15) is 11.5 Å². The molecular weight excluding hydrogens is 572 g/mol. The number of carbonyl (C=O) groups is 2. The van der Waals surface area contributed by atoms with Crippen molar-refractivity contribution in [2.45, 2.75) is 31.1 Å². The molecule has 2 aromatic heterocycles. The van der Waals surface area contributed by atoms with Gasteiger partial charge in [0.05, 0.1) is 14.2 Å². The molecule has 0 saturated heterocycles. The van der Waals surface area contributed by atoms with Gasteiger partial charge >= 0.3 is 0 Å². The second kappa shape index (κ2) is 12.0. The van der Waals surface area contributed by atoms with Crippen LogP contribution in [0.2, 0.25) is 0 Å². The molecule has 3 atom stereocenters. The van der Waals surface area contributed by atoms with Crippen LogP contribution in [-0.4, -0.2) is 34.9 Å². The molecule has 46 heavy (non-hydrogen) atoms. The van der Waals surface area contributed by atoms with Crippen molar-refractivity contribution in [2.75, 3.05) is 14.2 Å². The van der Waals surface area contributed by atoms with Gasteiger partial charge in [-0.2, -0.15) is 0 Å². The first-order valence-electron chi connectivity index (χ1n) is 15.9. The van der Waals surface area contributed by atoms with Crippen LogP contribution >= 0.6 is 0 Å². The molecule has 3 unspecified atom stereocenters. The fourth-order valence-electron chi connectivity index (χ4n) is 7.73. The van der Waals surface area contributed by atoms with Crippen molar-refractivity contribution < 1.29 is 19.1 Å². The number of benzene rings is 4. The van der Waals surface area contributed by atoms with Crippen LogP contribution in [0.3, 0.4) is 0 Å². The van der Waals surface area contributed by atoms with Gasteiger partial charge in [0.15, 0.2) is 11.6 Å². The van der Waals surface area contributed by atoms with Crippen molar-refractivity contribution in [3.63, 3.8) is 0 Å². The van der Waals surface area contributed by atoms with Gasteiger partial charge in [-0.05, 0) is 66.3 Å². The van der Waals surface area contributed by atoms with Gasteiger partial charge in [0, 0.05) is 77.2 Å². The topological polar surface area (TPSA) is 62.5 Å². The minimum absolute atomic E-state index is 0.0621. The molecule has 1 aliphatic carbocycles. The van der Waals surface area contributed by atoms with Crippen LogP contribution in [0, 0.1) is 5.92 Å². The summed E-state index contributed by atoms with van der Waals surface area (Å²) in [4.78, 5) is 28.1. The molecule has 0 radical (unpaired) electrons. The molecule has 0 aliphatic heterocycles. The Hall–Kier alpha value is -5.10. The smallest absolute Gasteiger partial charge is 0.166 e. The first-order chi connectivity index (χ1) is 22.4. The molecule has 0 amide bonds. The number of ketones is 2. The fourth-order valence-corrected chi connectivity index (χ4v) is 7.73. The fraction of sp³-hybridized carbons (Fsp3) is 0.250. The van der Waals surface area contributed by atoms with E-state index in [1.54, 1.807) is 14.2 Å². The molecule has 0 N–H and O–H groups in total. The third-order valence-electron chi connectivity index (χ3n) is 9.94. The van der Waals surface area contributed by atoms with E-state index in [4.69, 9.17) is 9.47 Å². The average Bonchev–Trinajstić information content (AvgIpc) is 3.59. The molecule has 0 bridgehead atoms. The van der Waals surface area contributed by atoms with E-state index in [1.165, 1.54) is 11.3 Å². The first-order valence-corrected chi connectivity index (χ1v) is 15.9. The highest BCUT2D eigenvalue weighted by molar-refractivity contribution is 6.01. The van der Waals surface area contributed by atoms with Gasteiger partial charge in [0.25, 0.3) is 0 Å². The highest BCUT2D eigenvalue weighted by Crippen LogP contribution is 2.53. The van der Waals surface area contributed by atoms with Gasteiger partial charge < -0.3 is 18.6 Å². The Morgan fingerprint density at radius 2 is 1.37 bits per heavy atom. The van der Waals surface area contributed by atoms with Gasteiger partial charge in [-0.3, -0.25) is 9.59 Å². The van der Waals surface area contributed by atoms with Crippen LogP contribution in [0.5, 0.6) is 11.5 Å². The van der Waals surface area contributed by atoms with Gasteiger partial charge in [-0.1, -0.05) is 60.7 Å². The number of rotatable bonds is 9. The predicted octanol–water partition coefficient (Wildman–Crippen LogP) is 8.47. The summed E-state index contributed by atoms with van der Waals surface area (Å²) in [6, 6.07) is 31.4. The molecule has 1 aliphatic rings. The minimum Gasteiger partial charge on any atom is -0.497 e. The zero-order valence-corrected chi connectivity index (χ0v) is 26.7. The van der Waals surface area contributed by atoms with E-state index in [-0.39, 0.29) is 29.3 Å². The van der Waals surface area contributed by atoms with Gasteiger partial charge in [0.2, 0.25) is 0 Å². The van der Waals surface area contributed by atoms with Crippen LogP contribution in [0.4, 0.5) is 0 Å². The molecule has 232 valence electrons. The molecule has 0 saturated carbocycles. The number of methoxy groups -OCH3 is 2. The molecular formula is C40H38N2O4. The Bertz CT molecular complexity index is 2070. The van der Waals surface area contributed by atoms with Crippen molar-refractivity contribution >= 4 is 33.4 Å². The number of ether oxygens (including phenoxy) is 2. The van der Waals surface area contributed by atoms with Crippen LogP contribution in [-0.2, 0) is 14.1 Å². The number of aryl methyl sites for hydroxylation is 2. The quantitative estimate of drug-likeness (QED) is 0.154. The maximum Gasteiger partial charge on any atom is 0.166 e. The van der Waals surface area contributed by atoms with E-state index in [0.29, 0.717) is 30.4 Å². The summed E-state index contributed by atoms with van der Waals surface area (Å²) in [5.74, 6) is 1.22. The van der Waals surface area contributed by atoms with Crippen molar-refractivity contribution in [1.29, 1.82) is 0 Å². The molecule has 6 nitrogen and oxygen atoms in total. The van der Waals surface area contributed by atoms with Gasteiger partial charge in [-0.25, -0.2) is 0 Å². The van der Waals surface area contributed by atoms with Crippen LogP contribution < -0.4 is 9.47 Å². The summed E-state index contributed by atoms with van der Waals surface area (Å²) >= 11 is 0. The second-order valence-corrected chi connectivity index (χ2v) is 12.4. The number of carbonyl (C=O) groups excluding carboxylic acids is 2. The maximum atomic E-state index is 14.6. The first kappa shape index (κ1) is 29.6. The summed E-state index contributed by atoms with van der Waals surface area (Å²) in [5.41, 5.74) is 7.09. The van der Waals surface area contributed by atoms with Crippen LogP contribution in [0.25, 0.3) is 21.8 Å². The van der Waals surface area contributed by atoms with E-state index >= 15 is 0 Å². The van der Waals surface area contributed by atoms with E-state index in [0.717, 1.165) is 38.9 Å². The molecule has 0 spiro atoms. The molecule has 0 fully saturated rings. The van der Waals surface area contributed by atoms with Crippen LogP contribution in [0.1, 0.15) is 68.6 Å². The van der Waals surface area contributed by atoms with Crippen LogP contribution in [0.15, 0.2) is 103 Å². The van der Waals surface area contributed by atoms with Crippen molar-refractivity contribution in [3.05, 3.63) is 131 Å². The zero-order chi connectivity index (χ0) is 31.9. The van der Waals surface area contributed by atoms with E-state index in [2.05, 4.69) is 53.7 Å². The SMILES string of the molecule is COc1ccc2c(c1)c(C1CC(C(=O)c3ccccc3)C(CCC(=O)c3ccccc3)c3c1n(C)c1ccc(OC)cc31)cn2C. The third kappa shape index (κ3) is 4.98. The lowest BCUT2D eigenvalue weighted by Gasteiger charge is -2.37. The molecule has 7 rings (SSSR count). The number of aromatic nitrogens is 2. The number of nitrogens with zero attached hydrogens (tertiary/aromatic N) is 2. The molecule has 6 heteroatoms.